The van der Waals surface area contributed by atoms with Crippen molar-refractivity contribution in [3.63, 3.8) is 0 Å². The Labute approximate surface area is 175 Å². The summed E-state index contributed by atoms with van der Waals surface area (Å²) >= 11 is 0. The van der Waals surface area contributed by atoms with E-state index in [2.05, 4.69) is 47.4 Å². The zero-order valence-corrected chi connectivity index (χ0v) is 16.3. The fourth-order valence-corrected chi connectivity index (χ4v) is 3.41. The maximum atomic E-state index is 4.88. The molecule has 0 radical (unpaired) electrons. The first-order valence-electron chi connectivity index (χ1n) is 9.88. The second-order valence-corrected chi connectivity index (χ2v) is 6.99. The van der Waals surface area contributed by atoms with E-state index in [9.17, 15) is 0 Å². The predicted molar refractivity (Wildman–Crippen MR) is 122 cm³/mol. The molecule has 2 aromatic heterocycles. The lowest BCUT2D eigenvalue weighted by atomic mass is 10.0. The van der Waals surface area contributed by atoms with Crippen molar-refractivity contribution in [2.24, 2.45) is 0 Å². The molecule has 3 heteroatoms. The fraction of sp³-hybridized carbons (Fsp3) is 0. The molecule has 0 spiro atoms. The van der Waals surface area contributed by atoms with Gasteiger partial charge in [0.05, 0.1) is 17.1 Å². The van der Waals surface area contributed by atoms with Crippen LogP contribution in [0.5, 0.6) is 0 Å². The molecule has 0 aliphatic carbocycles. The minimum atomic E-state index is 0.723. The molecule has 0 fully saturated rings. The van der Waals surface area contributed by atoms with Gasteiger partial charge in [0, 0.05) is 28.5 Å². The number of hydrogen-bond donors (Lipinski definition) is 0. The predicted octanol–water partition coefficient (Wildman–Crippen LogP) is 6.54. The van der Waals surface area contributed by atoms with Crippen molar-refractivity contribution in [2.75, 3.05) is 0 Å². The van der Waals surface area contributed by atoms with Crippen molar-refractivity contribution in [1.82, 2.24) is 15.0 Å². The van der Waals surface area contributed by atoms with Gasteiger partial charge in [0.25, 0.3) is 0 Å². The van der Waals surface area contributed by atoms with Crippen molar-refractivity contribution in [3.8, 4) is 45.2 Å². The number of nitrogens with zero attached hydrogens (tertiary/aromatic N) is 3. The van der Waals surface area contributed by atoms with Crippen molar-refractivity contribution < 1.29 is 0 Å². The van der Waals surface area contributed by atoms with Gasteiger partial charge in [-0.15, -0.1) is 0 Å². The van der Waals surface area contributed by atoms with E-state index in [-0.39, 0.29) is 0 Å². The molecular weight excluding hydrogens is 366 g/mol. The number of rotatable bonds is 4. The first-order chi connectivity index (χ1) is 14.9. The van der Waals surface area contributed by atoms with Gasteiger partial charge in [-0.25, -0.2) is 9.97 Å². The molecule has 3 aromatic carbocycles. The number of hydrogen-bond acceptors (Lipinski definition) is 3. The third-order valence-corrected chi connectivity index (χ3v) is 4.97. The molecule has 0 aliphatic heterocycles. The largest absolute Gasteiger partial charge is 0.256 e. The summed E-state index contributed by atoms with van der Waals surface area (Å²) in [6.45, 7) is 0. The third kappa shape index (κ3) is 3.74. The average Bonchev–Trinajstić information content (AvgIpc) is 2.85. The van der Waals surface area contributed by atoms with Crippen LogP contribution in [0.2, 0.25) is 0 Å². The van der Waals surface area contributed by atoms with Crippen LogP contribution >= 0.6 is 0 Å². The summed E-state index contributed by atoms with van der Waals surface area (Å²) in [5.74, 6) is 0.723. The normalized spacial score (nSPS) is 10.7. The molecule has 0 saturated heterocycles. The molecule has 142 valence electrons. The second kappa shape index (κ2) is 8.10. The summed E-state index contributed by atoms with van der Waals surface area (Å²) < 4.78 is 0. The van der Waals surface area contributed by atoms with E-state index in [4.69, 9.17) is 9.97 Å². The first kappa shape index (κ1) is 18.0. The average molecular weight is 385 g/mol. The number of aromatic nitrogens is 3. The first-order valence-corrected chi connectivity index (χ1v) is 9.88. The van der Waals surface area contributed by atoms with Gasteiger partial charge >= 0.3 is 0 Å². The van der Waals surface area contributed by atoms with Crippen LogP contribution in [-0.2, 0) is 0 Å². The molecule has 5 rings (SSSR count). The highest BCUT2D eigenvalue weighted by atomic mass is 14.9. The molecule has 3 nitrogen and oxygen atoms in total. The van der Waals surface area contributed by atoms with Crippen molar-refractivity contribution >= 4 is 0 Å². The van der Waals surface area contributed by atoms with Gasteiger partial charge in [0.1, 0.15) is 0 Å². The Hall–Kier alpha value is -4.11. The highest BCUT2D eigenvalue weighted by Crippen LogP contribution is 2.28. The molecule has 0 N–H and O–H groups in total. The quantitative estimate of drug-likeness (QED) is 0.352. The van der Waals surface area contributed by atoms with E-state index in [0.717, 1.165) is 45.2 Å². The van der Waals surface area contributed by atoms with Crippen molar-refractivity contribution in [1.29, 1.82) is 0 Å². The van der Waals surface area contributed by atoms with Gasteiger partial charge in [0.15, 0.2) is 5.82 Å². The molecule has 0 aliphatic rings. The van der Waals surface area contributed by atoms with Gasteiger partial charge in [0.2, 0.25) is 0 Å². The Kier molecular flexibility index (Phi) is 4.84. The van der Waals surface area contributed by atoms with Crippen LogP contribution in [0.25, 0.3) is 45.2 Å². The Balaban J connectivity index is 1.60. The minimum absolute atomic E-state index is 0.723. The van der Waals surface area contributed by atoms with E-state index in [1.165, 1.54) is 0 Å². The highest BCUT2D eigenvalue weighted by Gasteiger charge is 2.10. The van der Waals surface area contributed by atoms with E-state index in [1.54, 1.807) is 0 Å². The molecule has 2 heterocycles. The SMILES string of the molecule is c1ccc(-c2cc(-c3ccc(-c4ccccn4)cc3)nc(-c3ccccc3)n2)cc1. The molecule has 0 saturated carbocycles. The molecular formula is C27H19N3. The molecule has 0 bridgehead atoms. The molecule has 5 aromatic rings. The van der Waals surface area contributed by atoms with Crippen molar-refractivity contribution in [2.45, 2.75) is 0 Å². The zero-order chi connectivity index (χ0) is 20.2. The second-order valence-electron chi connectivity index (χ2n) is 6.99. The lowest BCUT2D eigenvalue weighted by Crippen LogP contribution is -1.95. The topological polar surface area (TPSA) is 38.7 Å². The smallest absolute Gasteiger partial charge is 0.160 e. The van der Waals surface area contributed by atoms with E-state index in [1.807, 2.05) is 72.9 Å². The summed E-state index contributed by atoms with van der Waals surface area (Å²) in [6, 6.07) is 36.7. The number of pyridine rings is 1. The third-order valence-electron chi connectivity index (χ3n) is 4.97. The molecule has 0 amide bonds. The van der Waals surface area contributed by atoms with Crippen LogP contribution in [-0.4, -0.2) is 15.0 Å². The van der Waals surface area contributed by atoms with Crippen LogP contribution < -0.4 is 0 Å². The number of benzene rings is 3. The Morgan fingerprint density at radius 1 is 0.400 bits per heavy atom. The summed E-state index contributed by atoms with van der Waals surface area (Å²) in [5, 5.41) is 0. The molecule has 0 atom stereocenters. The summed E-state index contributed by atoms with van der Waals surface area (Å²) in [6.07, 6.45) is 1.81. The monoisotopic (exact) mass is 385 g/mol. The van der Waals surface area contributed by atoms with Gasteiger partial charge in [-0.05, 0) is 18.2 Å². The van der Waals surface area contributed by atoms with Crippen LogP contribution in [0.4, 0.5) is 0 Å². The lowest BCUT2D eigenvalue weighted by molar-refractivity contribution is 1.18. The minimum Gasteiger partial charge on any atom is -0.256 e. The maximum Gasteiger partial charge on any atom is 0.160 e. The summed E-state index contributed by atoms with van der Waals surface area (Å²) in [4.78, 5) is 14.2. The van der Waals surface area contributed by atoms with Crippen LogP contribution in [0.3, 0.4) is 0 Å². The van der Waals surface area contributed by atoms with Gasteiger partial charge < -0.3 is 0 Å². The fourth-order valence-electron chi connectivity index (χ4n) is 3.41. The Morgan fingerprint density at radius 3 is 1.47 bits per heavy atom. The van der Waals surface area contributed by atoms with Crippen molar-refractivity contribution in [3.05, 3.63) is 115 Å². The van der Waals surface area contributed by atoms with Crippen LogP contribution in [0.1, 0.15) is 0 Å². The molecule has 0 unspecified atom stereocenters. The van der Waals surface area contributed by atoms with Crippen LogP contribution in [0.15, 0.2) is 115 Å². The Bertz CT molecular complexity index is 1190. The summed E-state index contributed by atoms with van der Waals surface area (Å²) in [7, 11) is 0. The van der Waals surface area contributed by atoms with Gasteiger partial charge in [-0.1, -0.05) is 91.0 Å². The summed E-state index contributed by atoms with van der Waals surface area (Å²) in [5.41, 5.74) is 6.97. The Morgan fingerprint density at radius 2 is 0.900 bits per heavy atom. The van der Waals surface area contributed by atoms with E-state index < -0.39 is 0 Å². The highest BCUT2D eigenvalue weighted by molar-refractivity contribution is 5.73. The maximum absolute atomic E-state index is 4.88. The van der Waals surface area contributed by atoms with Crippen LogP contribution in [0, 0.1) is 0 Å². The van der Waals surface area contributed by atoms with Gasteiger partial charge in [-0.3, -0.25) is 4.98 Å². The van der Waals surface area contributed by atoms with E-state index in [0.29, 0.717) is 0 Å². The zero-order valence-electron chi connectivity index (χ0n) is 16.3. The lowest BCUT2D eigenvalue weighted by Gasteiger charge is -2.10. The standard InChI is InChI=1S/C27H19N3/c1-3-9-20(10-4-1)25-19-26(30-27(29-25)23-11-5-2-6-12-23)22-16-14-21(15-17-22)24-13-7-8-18-28-24/h1-19H. The molecule has 30 heavy (non-hydrogen) atoms. The van der Waals surface area contributed by atoms with E-state index >= 15 is 0 Å². The van der Waals surface area contributed by atoms with Gasteiger partial charge in [-0.2, -0.15) is 0 Å².